The van der Waals surface area contributed by atoms with Crippen molar-refractivity contribution in [3.05, 3.63) is 70.2 Å². The van der Waals surface area contributed by atoms with Crippen LogP contribution in [0.1, 0.15) is 15.9 Å². The molecular weight excluding hydrogens is 264 g/mol. The maximum atomic E-state index is 11.9. The Kier molecular flexibility index (Phi) is 3.52. The average molecular weight is 275 g/mol. The van der Waals surface area contributed by atoms with Gasteiger partial charge in [-0.15, -0.1) is 0 Å². The molecule has 0 aliphatic carbocycles. The van der Waals surface area contributed by atoms with Gasteiger partial charge in [-0.25, -0.2) is 0 Å². The Balaban J connectivity index is 2.15. The van der Waals surface area contributed by atoms with E-state index in [1.165, 1.54) is 0 Å². The molecule has 2 heteroatoms. The summed E-state index contributed by atoms with van der Waals surface area (Å²) in [4.78, 5) is 11.9. The molecule has 0 radical (unpaired) electrons. The summed E-state index contributed by atoms with van der Waals surface area (Å²) in [6.07, 6.45) is 0.456. The van der Waals surface area contributed by atoms with E-state index < -0.39 is 0 Å². The van der Waals surface area contributed by atoms with Gasteiger partial charge in [0.25, 0.3) is 0 Å². The number of Topliss-reactive ketones (excluding diaryl/α,β-unsaturated/α-hetero) is 1. The molecule has 0 fully saturated rings. The van der Waals surface area contributed by atoms with Crippen molar-refractivity contribution in [2.75, 3.05) is 0 Å². The van der Waals surface area contributed by atoms with Crippen molar-refractivity contribution in [1.82, 2.24) is 0 Å². The van der Waals surface area contributed by atoms with Crippen LogP contribution in [0.4, 0.5) is 0 Å². The van der Waals surface area contributed by atoms with Gasteiger partial charge in [-0.2, -0.15) is 0 Å². The Hall–Kier alpha value is -1.41. The molecule has 0 aliphatic heterocycles. The number of benzene rings is 2. The molecule has 2 rings (SSSR count). The first-order chi connectivity index (χ1) is 7.75. The predicted molar refractivity (Wildman–Crippen MR) is 68.6 cm³/mol. The average Bonchev–Trinajstić information content (AvgIpc) is 2.30. The molecule has 0 spiro atoms. The second-order valence-electron chi connectivity index (χ2n) is 3.60. The number of carbonyl (C=O) groups is 1. The highest BCUT2D eigenvalue weighted by Crippen LogP contribution is 2.14. The predicted octanol–water partition coefficient (Wildman–Crippen LogP) is 3.87. The summed E-state index contributed by atoms with van der Waals surface area (Å²) in [7, 11) is 0. The van der Waals surface area contributed by atoms with Crippen LogP contribution in [0.2, 0.25) is 0 Å². The third-order valence-corrected chi connectivity index (χ3v) is 2.85. The Labute approximate surface area is 103 Å². The monoisotopic (exact) mass is 274 g/mol. The SMILES string of the molecule is O=C(Cc1ccccc1)c1cccc(Br)c1. The number of hydrogen-bond donors (Lipinski definition) is 0. The van der Waals surface area contributed by atoms with Gasteiger partial charge in [-0.1, -0.05) is 58.4 Å². The lowest BCUT2D eigenvalue weighted by Gasteiger charge is -2.01. The van der Waals surface area contributed by atoms with Crippen LogP contribution in [-0.4, -0.2) is 5.78 Å². The first-order valence-electron chi connectivity index (χ1n) is 5.08. The lowest BCUT2D eigenvalue weighted by molar-refractivity contribution is 0.0993. The van der Waals surface area contributed by atoms with Gasteiger partial charge < -0.3 is 0 Å². The van der Waals surface area contributed by atoms with E-state index in [0.717, 1.165) is 15.6 Å². The van der Waals surface area contributed by atoms with E-state index in [-0.39, 0.29) is 5.78 Å². The van der Waals surface area contributed by atoms with E-state index >= 15 is 0 Å². The van der Waals surface area contributed by atoms with E-state index in [1.54, 1.807) is 0 Å². The fourth-order valence-corrected chi connectivity index (χ4v) is 1.94. The van der Waals surface area contributed by atoms with E-state index in [9.17, 15) is 4.79 Å². The van der Waals surface area contributed by atoms with Gasteiger partial charge in [0.2, 0.25) is 0 Å². The highest BCUT2D eigenvalue weighted by molar-refractivity contribution is 9.10. The van der Waals surface area contributed by atoms with Crippen LogP contribution in [-0.2, 0) is 6.42 Å². The lowest BCUT2D eigenvalue weighted by Crippen LogP contribution is -2.03. The van der Waals surface area contributed by atoms with E-state index in [4.69, 9.17) is 0 Å². The molecular formula is C14H11BrO. The van der Waals surface area contributed by atoms with Gasteiger partial charge >= 0.3 is 0 Å². The summed E-state index contributed by atoms with van der Waals surface area (Å²) in [6, 6.07) is 17.3. The molecule has 0 aliphatic rings. The number of ketones is 1. The van der Waals surface area contributed by atoms with Crippen molar-refractivity contribution in [2.24, 2.45) is 0 Å². The van der Waals surface area contributed by atoms with Crippen molar-refractivity contribution >= 4 is 21.7 Å². The summed E-state index contributed by atoms with van der Waals surface area (Å²) >= 11 is 3.36. The van der Waals surface area contributed by atoms with Gasteiger partial charge in [0.1, 0.15) is 0 Å². The summed E-state index contributed by atoms with van der Waals surface area (Å²) in [6.45, 7) is 0. The topological polar surface area (TPSA) is 17.1 Å². The van der Waals surface area contributed by atoms with Crippen LogP contribution in [0.15, 0.2) is 59.1 Å². The molecule has 0 amide bonds. The molecule has 0 saturated carbocycles. The number of hydrogen-bond acceptors (Lipinski definition) is 1. The van der Waals surface area contributed by atoms with Crippen LogP contribution in [0, 0.1) is 0 Å². The van der Waals surface area contributed by atoms with Gasteiger partial charge in [-0.3, -0.25) is 4.79 Å². The quantitative estimate of drug-likeness (QED) is 0.777. The van der Waals surface area contributed by atoms with Gasteiger partial charge in [0, 0.05) is 16.5 Å². The van der Waals surface area contributed by atoms with Gasteiger partial charge in [0.05, 0.1) is 0 Å². The van der Waals surface area contributed by atoms with Gasteiger partial charge in [0.15, 0.2) is 5.78 Å². The summed E-state index contributed by atoms with van der Waals surface area (Å²) in [5, 5.41) is 0. The molecule has 2 aromatic carbocycles. The van der Waals surface area contributed by atoms with Crippen LogP contribution >= 0.6 is 15.9 Å². The molecule has 0 unspecified atom stereocenters. The molecule has 0 N–H and O–H groups in total. The second kappa shape index (κ2) is 5.08. The molecule has 0 aromatic heterocycles. The van der Waals surface area contributed by atoms with Crippen LogP contribution < -0.4 is 0 Å². The lowest BCUT2D eigenvalue weighted by atomic mass is 10.0. The number of halogens is 1. The highest BCUT2D eigenvalue weighted by Gasteiger charge is 2.06. The molecule has 1 nitrogen and oxygen atoms in total. The Morgan fingerprint density at radius 2 is 1.75 bits per heavy atom. The summed E-state index contributed by atoms with van der Waals surface area (Å²) in [5.74, 6) is 0.146. The van der Waals surface area contributed by atoms with E-state index in [0.29, 0.717) is 6.42 Å². The number of rotatable bonds is 3. The van der Waals surface area contributed by atoms with Crippen molar-refractivity contribution in [3.8, 4) is 0 Å². The highest BCUT2D eigenvalue weighted by atomic mass is 79.9. The standard InChI is InChI=1S/C14H11BrO/c15-13-8-4-7-12(10-13)14(16)9-11-5-2-1-3-6-11/h1-8,10H,9H2. The molecule has 16 heavy (non-hydrogen) atoms. The zero-order chi connectivity index (χ0) is 11.4. The molecule has 0 atom stereocenters. The van der Waals surface area contributed by atoms with Crippen molar-refractivity contribution in [1.29, 1.82) is 0 Å². The summed E-state index contributed by atoms with van der Waals surface area (Å²) < 4.78 is 0.936. The third-order valence-electron chi connectivity index (χ3n) is 2.35. The first-order valence-corrected chi connectivity index (χ1v) is 5.88. The second-order valence-corrected chi connectivity index (χ2v) is 4.51. The van der Waals surface area contributed by atoms with Gasteiger partial charge in [-0.05, 0) is 17.7 Å². The normalized spacial score (nSPS) is 10.1. The van der Waals surface area contributed by atoms with E-state index in [1.807, 2.05) is 54.6 Å². The molecule has 80 valence electrons. The minimum atomic E-state index is 0.146. The van der Waals surface area contributed by atoms with Crippen molar-refractivity contribution in [3.63, 3.8) is 0 Å². The largest absolute Gasteiger partial charge is 0.294 e. The van der Waals surface area contributed by atoms with Crippen LogP contribution in [0.3, 0.4) is 0 Å². The number of carbonyl (C=O) groups excluding carboxylic acids is 1. The van der Waals surface area contributed by atoms with Crippen LogP contribution in [0.5, 0.6) is 0 Å². The molecule has 0 bridgehead atoms. The fourth-order valence-electron chi connectivity index (χ4n) is 1.55. The zero-order valence-electron chi connectivity index (χ0n) is 8.69. The fraction of sp³-hybridized carbons (Fsp3) is 0.0714. The van der Waals surface area contributed by atoms with Crippen LogP contribution in [0.25, 0.3) is 0 Å². The Morgan fingerprint density at radius 1 is 1.00 bits per heavy atom. The molecule has 0 heterocycles. The molecule has 0 saturated heterocycles. The molecule has 2 aromatic rings. The Bertz CT molecular complexity index is 491. The zero-order valence-corrected chi connectivity index (χ0v) is 10.3. The maximum absolute atomic E-state index is 11.9. The van der Waals surface area contributed by atoms with Crippen molar-refractivity contribution in [2.45, 2.75) is 6.42 Å². The minimum absolute atomic E-state index is 0.146. The third kappa shape index (κ3) is 2.80. The first kappa shape index (κ1) is 11.1. The van der Waals surface area contributed by atoms with Crippen molar-refractivity contribution < 1.29 is 4.79 Å². The Morgan fingerprint density at radius 3 is 2.44 bits per heavy atom. The van der Waals surface area contributed by atoms with E-state index in [2.05, 4.69) is 15.9 Å². The smallest absolute Gasteiger partial charge is 0.167 e. The minimum Gasteiger partial charge on any atom is -0.294 e. The summed E-state index contributed by atoms with van der Waals surface area (Å²) in [5.41, 5.74) is 1.80. The maximum Gasteiger partial charge on any atom is 0.167 e.